The molecule has 8 heteroatoms. The van der Waals surface area contributed by atoms with Crippen LogP contribution in [0.2, 0.25) is 0 Å². The van der Waals surface area contributed by atoms with Crippen molar-refractivity contribution in [3.05, 3.63) is 90.5 Å². The molecular formula is C27H31N3O4S. The number of nitrogens with zero attached hydrogens (tertiary/aromatic N) is 3. The lowest BCUT2D eigenvalue weighted by Gasteiger charge is -2.37. The van der Waals surface area contributed by atoms with Gasteiger partial charge in [-0.1, -0.05) is 48.5 Å². The van der Waals surface area contributed by atoms with Gasteiger partial charge >= 0.3 is 0 Å². The second kappa shape index (κ2) is 11.4. The summed E-state index contributed by atoms with van der Waals surface area (Å²) in [4.78, 5) is 17.4. The van der Waals surface area contributed by atoms with Crippen molar-refractivity contribution in [3.8, 4) is 5.75 Å². The van der Waals surface area contributed by atoms with E-state index in [0.717, 1.165) is 11.3 Å². The van der Waals surface area contributed by atoms with Crippen LogP contribution in [0.4, 0.5) is 5.69 Å². The molecule has 1 aliphatic heterocycles. The molecule has 0 aromatic heterocycles. The Morgan fingerprint density at radius 2 is 1.46 bits per heavy atom. The molecule has 0 saturated carbocycles. The van der Waals surface area contributed by atoms with E-state index in [4.69, 9.17) is 4.74 Å². The number of benzene rings is 3. The van der Waals surface area contributed by atoms with Gasteiger partial charge in [-0.2, -0.15) is 4.31 Å². The van der Waals surface area contributed by atoms with Gasteiger partial charge in [0.15, 0.2) is 0 Å². The molecule has 0 aliphatic carbocycles. The predicted molar refractivity (Wildman–Crippen MR) is 137 cm³/mol. The first-order valence-corrected chi connectivity index (χ1v) is 13.2. The van der Waals surface area contributed by atoms with Crippen molar-refractivity contribution in [2.24, 2.45) is 0 Å². The Bertz CT molecular complexity index is 1190. The smallest absolute Gasteiger partial charge is 0.243 e. The molecule has 4 rings (SSSR count). The van der Waals surface area contributed by atoms with Gasteiger partial charge in [-0.3, -0.25) is 4.79 Å². The van der Waals surface area contributed by atoms with Crippen LogP contribution in [0.15, 0.2) is 89.8 Å². The van der Waals surface area contributed by atoms with Gasteiger partial charge in [0.05, 0.1) is 18.6 Å². The van der Waals surface area contributed by atoms with Crippen molar-refractivity contribution in [1.82, 2.24) is 9.21 Å². The minimum absolute atomic E-state index is 0.146. The molecule has 7 nitrogen and oxygen atoms in total. The number of hydrogen-bond donors (Lipinski definition) is 0. The molecule has 1 fully saturated rings. The SMILES string of the molecule is COc1ccc(S(=O)(=O)N(CCc2ccccc2)CC(=O)N2CCN(c3ccccc3)CC2)cc1. The van der Waals surface area contributed by atoms with Crippen LogP contribution in [0.3, 0.4) is 0 Å². The monoisotopic (exact) mass is 493 g/mol. The number of sulfonamides is 1. The number of anilines is 1. The molecule has 0 atom stereocenters. The van der Waals surface area contributed by atoms with E-state index >= 15 is 0 Å². The normalized spacial score (nSPS) is 14.2. The molecule has 0 radical (unpaired) electrons. The number of para-hydroxylation sites is 1. The first-order chi connectivity index (χ1) is 17.0. The second-order valence-corrected chi connectivity index (χ2v) is 10.4. The molecular weight excluding hydrogens is 462 g/mol. The van der Waals surface area contributed by atoms with E-state index in [1.165, 1.54) is 23.5 Å². The number of amides is 1. The Balaban J connectivity index is 1.47. The zero-order chi connectivity index (χ0) is 24.7. The number of ether oxygens (including phenoxy) is 1. The molecule has 0 spiro atoms. The fourth-order valence-corrected chi connectivity index (χ4v) is 5.57. The van der Waals surface area contributed by atoms with Crippen LogP contribution >= 0.6 is 0 Å². The average Bonchev–Trinajstić information content (AvgIpc) is 2.92. The number of carbonyl (C=O) groups excluding carboxylic acids is 1. The van der Waals surface area contributed by atoms with Crippen LogP contribution in [0, 0.1) is 0 Å². The van der Waals surface area contributed by atoms with Crippen LogP contribution < -0.4 is 9.64 Å². The third-order valence-corrected chi connectivity index (χ3v) is 8.11. The van der Waals surface area contributed by atoms with E-state index in [0.29, 0.717) is 38.3 Å². The molecule has 1 aliphatic rings. The van der Waals surface area contributed by atoms with Gasteiger partial charge in [0.2, 0.25) is 15.9 Å². The third kappa shape index (κ3) is 6.21. The van der Waals surface area contributed by atoms with Gasteiger partial charge in [0.1, 0.15) is 5.75 Å². The number of hydrogen-bond acceptors (Lipinski definition) is 5. The Hall–Kier alpha value is -3.36. The molecule has 0 N–H and O–H groups in total. The zero-order valence-corrected chi connectivity index (χ0v) is 20.7. The van der Waals surface area contributed by atoms with Crippen molar-refractivity contribution in [3.63, 3.8) is 0 Å². The summed E-state index contributed by atoms with van der Waals surface area (Å²) in [6.45, 7) is 2.57. The van der Waals surface area contributed by atoms with Crippen molar-refractivity contribution in [2.45, 2.75) is 11.3 Å². The first-order valence-electron chi connectivity index (χ1n) is 11.7. The molecule has 0 bridgehead atoms. The molecule has 0 unspecified atom stereocenters. The van der Waals surface area contributed by atoms with Gasteiger partial charge < -0.3 is 14.5 Å². The summed E-state index contributed by atoms with van der Waals surface area (Å²) < 4.78 is 33.5. The van der Waals surface area contributed by atoms with Crippen molar-refractivity contribution < 1.29 is 17.9 Å². The maximum Gasteiger partial charge on any atom is 0.243 e. The van der Waals surface area contributed by atoms with Crippen molar-refractivity contribution in [1.29, 1.82) is 0 Å². The van der Waals surface area contributed by atoms with Gasteiger partial charge in [-0.25, -0.2) is 8.42 Å². The van der Waals surface area contributed by atoms with E-state index in [-0.39, 0.29) is 23.9 Å². The lowest BCUT2D eigenvalue weighted by atomic mass is 10.1. The van der Waals surface area contributed by atoms with Gasteiger partial charge in [0.25, 0.3) is 0 Å². The number of piperazine rings is 1. The minimum Gasteiger partial charge on any atom is -0.497 e. The molecule has 35 heavy (non-hydrogen) atoms. The number of carbonyl (C=O) groups is 1. The summed E-state index contributed by atoms with van der Waals surface area (Å²) in [6.07, 6.45) is 0.519. The highest BCUT2D eigenvalue weighted by atomic mass is 32.2. The van der Waals surface area contributed by atoms with Crippen LogP contribution in [0.25, 0.3) is 0 Å². The van der Waals surface area contributed by atoms with E-state index in [9.17, 15) is 13.2 Å². The Kier molecular flexibility index (Phi) is 8.05. The molecule has 1 amide bonds. The third-order valence-electron chi connectivity index (χ3n) is 6.26. The fraction of sp³-hybridized carbons (Fsp3) is 0.296. The molecule has 1 saturated heterocycles. The van der Waals surface area contributed by atoms with Crippen LogP contribution in [0.5, 0.6) is 5.75 Å². The Labute approximate surface area is 207 Å². The van der Waals surface area contributed by atoms with E-state index in [1.54, 1.807) is 17.0 Å². The van der Waals surface area contributed by atoms with E-state index in [1.807, 2.05) is 48.5 Å². The largest absolute Gasteiger partial charge is 0.497 e. The Morgan fingerprint density at radius 1 is 0.857 bits per heavy atom. The van der Waals surface area contributed by atoms with E-state index < -0.39 is 10.0 Å². The highest BCUT2D eigenvalue weighted by Crippen LogP contribution is 2.21. The summed E-state index contributed by atoms with van der Waals surface area (Å²) in [5.74, 6) is 0.398. The molecule has 3 aromatic carbocycles. The quantitative estimate of drug-likeness (QED) is 0.458. The predicted octanol–water partition coefficient (Wildman–Crippen LogP) is 3.28. The summed E-state index contributed by atoms with van der Waals surface area (Å²) in [5.41, 5.74) is 2.15. The Morgan fingerprint density at radius 3 is 2.06 bits per heavy atom. The molecule has 184 valence electrons. The highest BCUT2D eigenvalue weighted by Gasteiger charge is 2.29. The maximum absolute atomic E-state index is 13.5. The number of rotatable bonds is 9. The first kappa shape index (κ1) is 24.8. The highest BCUT2D eigenvalue weighted by molar-refractivity contribution is 7.89. The van der Waals surface area contributed by atoms with Crippen LogP contribution in [0.1, 0.15) is 5.56 Å². The average molecular weight is 494 g/mol. The van der Waals surface area contributed by atoms with Crippen molar-refractivity contribution in [2.75, 3.05) is 51.3 Å². The van der Waals surface area contributed by atoms with Gasteiger partial charge in [-0.15, -0.1) is 0 Å². The second-order valence-electron chi connectivity index (χ2n) is 8.45. The molecule has 1 heterocycles. The summed E-state index contributed by atoms with van der Waals surface area (Å²) in [7, 11) is -2.33. The van der Waals surface area contributed by atoms with Crippen LogP contribution in [-0.4, -0.2) is 69.9 Å². The maximum atomic E-state index is 13.5. The van der Waals surface area contributed by atoms with Crippen LogP contribution in [-0.2, 0) is 21.2 Å². The number of methoxy groups -OCH3 is 1. The lowest BCUT2D eigenvalue weighted by molar-refractivity contribution is -0.131. The van der Waals surface area contributed by atoms with E-state index in [2.05, 4.69) is 17.0 Å². The minimum atomic E-state index is -3.86. The topological polar surface area (TPSA) is 70.2 Å². The van der Waals surface area contributed by atoms with Crippen molar-refractivity contribution >= 4 is 21.6 Å². The fourth-order valence-electron chi connectivity index (χ4n) is 4.18. The van der Waals surface area contributed by atoms with Gasteiger partial charge in [0, 0.05) is 38.4 Å². The summed E-state index contributed by atoms with van der Waals surface area (Å²) >= 11 is 0. The van der Waals surface area contributed by atoms with Gasteiger partial charge in [-0.05, 0) is 48.4 Å². The standard InChI is InChI=1S/C27H31N3O4S/c1-34-25-12-14-26(15-13-25)35(32,33)30(17-16-23-8-4-2-5-9-23)22-27(31)29-20-18-28(19-21-29)24-10-6-3-7-11-24/h2-15H,16-22H2,1H3. The molecule has 3 aromatic rings. The summed E-state index contributed by atoms with van der Waals surface area (Å²) in [5, 5.41) is 0. The lowest BCUT2D eigenvalue weighted by Crippen LogP contribution is -2.52. The zero-order valence-electron chi connectivity index (χ0n) is 19.9. The summed E-state index contributed by atoms with van der Waals surface area (Å²) in [6, 6.07) is 26.1.